The number of nitrogens with zero attached hydrogens (tertiary/aromatic N) is 1. The highest BCUT2D eigenvalue weighted by molar-refractivity contribution is 5.53. The Morgan fingerprint density at radius 1 is 1.50 bits per heavy atom. The zero-order valence-electron chi connectivity index (χ0n) is 8.29. The van der Waals surface area contributed by atoms with Crippen molar-refractivity contribution in [2.75, 3.05) is 0 Å². The van der Waals surface area contributed by atoms with E-state index in [1.807, 2.05) is 27.7 Å². The van der Waals surface area contributed by atoms with E-state index >= 15 is 0 Å². The van der Waals surface area contributed by atoms with Gasteiger partial charge in [0.15, 0.2) is 0 Å². The highest BCUT2D eigenvalue weighted by atomic mass is 16.1. The van der Waals surface area contributed by atoms with Gasteiger partial charge in [-0.2, -0.15) is 5.26 Å². The van der Waals surface area contributed by atoms with Crippen LogP contribution in [0.1, 0.15) is 34.1 Å². The van der Waals surface area contributed by atoms with Gasteiger partial charge in [0.25, 0.3) is 0 Å². The molecule has 0 aromatic heterocycles. The summed E-state index contributed by atoms with van der Waals surface area (Å²) in [5.74, 6) is 0.342. The predicted octanol–water partition coefficient (Wildman–Crippen LogP) is 2.40. The molecule has 0 aliphatic heterocycles. The molecule has 2 atom stereocenters. The van der Waals surface area contributed by atoms with Crippen LogP contribution in [-0.4, -0.2) is 6.29 Å². The highest BCUT2D eigenvalue weighted by Gasteiger charge is 2.23. The molecule has 0 saturated heterocycles. The lowest BCUT2D eigenvalue weighted by molar-refractivity contribution is -0.112. The molecule has 0 amide bonds. The molecule has 0 aromatic rings. The van der Waals surface area contributed by atoms with Crippen molar-refractivity contribution >= 4 is 6.29 Å². The van der Waals surface area contributed by atoms with Crippen molar-refractivity contribution in [2.24, 2.45) is 17.3 Å². The highest BCUT2D eigenvalue weighted by Crippen LogP contribution is 2.27. The van der Waals surface area contributed by atoms with E-state index in [-0.39, 0.29) is 17.3 Å². The van der Waals surface area contributed by atoms with Gasteiger partial charge in [0.05, 0.1) is 11.5 Å². The average Bonchev–Trinajstić information content (AvgIpc) is 2.02. The Kier molecular flexibility index (Phi) is 3.95. The Morgan fingerprint density at radius 3 is 2.33 bits per heavy atom. The number of rotatable bonds is 4. The molecule has 0 heterocycles. The maximum absolute atomic E-state index is 10.4. The standard InChI is InChI=1S/C10H17NO/c1-8(9(2)6-12)5-10(3,4)7-11/h6,8-9H,5H2,1-4H3. The van der Waals surface area contributed by atoms with Gasteiger partial charge in [-0.25, -0.2) is 0 Å². The first-order valence-electron chi connectivity index (χ1n) is 4.29. The lowest BCUT2D eigenvalue weighted by Crippen LogP contribution is -2.18. The number of hydrogen-bond acceptors (Lipinski definition) is 2. The fraction of sp³-hybridized carbons (Fsp3) is 0.800. The molecule has 0 spiro atoms. The van der Waals surface area contributed by atoms with Crippen LogP contribution in [-0.2, 0) is 4.79 Å². The fourth-order valence-corrected chi connectivity index (χ4v) is 1.17. The molecule has 0 aromatic carbocycles. The van der Waals surface area contributed by atoms with Crippen LogP contribution in [0.5, 0.6) is 0 Å². The SMILES string of the molecule is CC(C=O)C(C)CC(C)(C)C#N. The van der Waals surface area contributed by atoms with Gasteiger partial charge in [-0.1, -0.05) is 13.8 Å². The van der Waals surface area contributed by atoms with E-state index in [9.17, 15) is 4.79 Å². The van der Waals surface area contributed by atoms with E-state index < -0.39 is 0 Å². The van der Waals surface area contributed by atoms with Gasteiger partial charge in [0, 0.05) is 5.92 Å². The van der Waals surface area contributed by atoms with Gasteiger partial charge in [0.1, 0.15) is 6.29 Å². The minimum Gasteiger partial charge on any atom is -0.303 e. The molecule has 2 nitrogen and oxygen atoms in total. The Bertz CT molecular complexity index is 191. The number of aldehydes is 1. The van der Waals surface area contributed by atoms with E-state index in [4.69, 9.17) is 5.26 Å². The summed E-state index contributed by atoms with van der Waals surface area (Å²) in [4.78, 5) is 10.4. The van der Waals surface area contributed by atoms with Gasteiger partial charge in [-0.3, -0.25) is 0 Å². The van der Waals surface area contributed by atoms with E-state index in [1.165, 1.54) is 0 Å². The summed E-state index contributed by atoms with van der Waals surface area (Å²) >= 11 is 0. The molecule has 0 aliphatic rings. The minimum atomic E-state index is -0.309. The lowest BCUT2D eigenvalue weighted by atomic mass is 9.80. The zero-order chi connectivity index (χ0) is 9.78. The van der Waals surface area contributed by atoms with Crippen molar-refractivity contribution in [2.45, 2.75) is 34.1 Å². The van der Waals surface area contributed by atoms with Crippen LogP contribution in [0, 0.1) is 28.6 Å². The number of carbonyl (C=O) groups is 1. The Morgan fingerprint density at radius 2 is 2.00 bits per heavy atom. The molecule has 12 heavy (non-hydrogen) atoms. The number of hydrogen-bond donors (Lipinski definition) is 0. The third-order valence-electron chi connectivity index (χ3n) is 2.25. The third-order valence-corrected chi connectivity index (χ3v) is 2.25. The van der Waals surface area contributed by atoms with Crippen molar-refractivity contribution in [1.29, 1.82) is 5.26 Å². The van der Waals surface area contributed by atoms with Gasteiger partial charge in [-0.05, 0) is 26.2 Å². The molecule has 0 bridgehead atoms. The van der Waals surface area contributed by atoms with E-state index in [0.717, 1.165) is 12.7 Å². The largest absolute Gasteiger partial charge is 0.303 e. The molecular weight excluding hydrogens is 150 g/mol. The Balaban J connectivity index is 4.10. The number of nitriles is 1. The molecule has 2 unspecified atom stereocenters. The fourth-order valence-electron chi connectivity index (χ4n) is 1.17. The van der Waals surface area contributed by atoms with Crippen LogP contribution >= 0.6 is 0 Å². The van der Waals surface area contributed by atoms with E-state index in [2.05, 4.69) is 6.07 Å². The quantitative estimate of drug-likeness (QED) is 0.603. The van der Waals surface area contributed by atoms with Crippen molar-refractivity contribution in [3.8, 4) is 6.07 Å². The van der Waals surface area contributed by atoms with Crippen LogP contribution in [0.2, 0.25) is 0 Å². The van der Waals surface area contributed by atoms with Crippen molar-refractivity contribution in [3.05, 3.63) is 0 Å². The first kappa shape index (κ1) is 11.2. The molecule has 0 saturated carbocycles. The summed E-state index contributed by atoms with van der Waals surface area (Å²) in [6.45, 7) is 7.71. The van der Waals surface area contributed by atoms with Crippen molar-refractivity contribution in [1.82, 2.24) is 0 Å². The van der Waals surface area contributed by atoms with Crippen LogP contribution < -0.4 is 0 Å². The summed E-state index contributed by atoms with van der Waals surface area (Å²) in [7, 11) is 0. The molecule has 0 aliphatic carbocycles. The van der Waals surface area contributed by atoms with E-state index in [1.54, 1.807) is 0 Å². The number of carbonyl (C=O) groups excluding carboxylic acids is 1. The van der Waals surface area contributed by atoms with Gasteiger partial charge >= 0.3 is 0 Å². The first-order valence-corrected chi connectivity index (χ1v) is 4.29. The average molecular weight is 167 g/mol. The monoisotopic (exact) mass is 167 g/mol. The first-order chi connectivity index (χ1) is 5.43. The second-order valence-electron chi connectivity index (χ2n) is 4.17. The Hall–Kier alpha value is -0.840. The van der Waals surface area contributed by atoms with Crippen LogP contribution in [0.15, 0.2) is 0 Å². The maximum Gasteiger partial charge on any atom is 0.123 e. The topological polar surface area (TPSA) is 40.9 Å². The normalized spacial score (nSPS) is 16.2. The van der Waals surface area contributed by atoms with Crippen LogP contribution in [0.3, 0.4) is 0 Å². The third kappa shape index (κ3) is 3.52. The molecule has 68 valence electrons. The second-order valence-corrected chi connectivity index (χ2v) is 4.17. The zero-order valence-corrected chi connectivity index (χ0v) is 8.29. The Labute approximate surface area is 74.6 Å². The predicted molar refractivity (Wildman–Crippen MR) is 48.4 cm³/mol. The van der Waals surface area contributed by atoms with Gasteiger partial charge in [-0.15, -0.1) is 0 Å². The van der Waals surface area contributed by atoms with Gasteiger partial charge < -0.3 is 4.79 Å². The summed E-state index contributed by atoms with van der Waals surface area (Å²) in [5, 5.41) is 8.76. The summed E-state index contributed by atoms with van der Waals surface area (Å²) in [6, 6.07) is 2.24. The maximum atomic E-state index is 10.4. The van der Waals surface area contributed by atoms with Crippen LogP contribution in [0.4, 0.5) is 0 Å². The summed E-state index contributed by atoms with van der Waals surface area (Å²) in [5.41, 5.74) is -0.309. The minimum absolute atomic E-state index is 0.0534. The molecular formula is C10H17NO. The second kappa shape index (κ2) is 4.25. The molecule has 2 heteroatoms. The van der Waals surface area contributed by atoms with Crippen LogP contribution in [0.25, 0.3) is 0 Å². The lowest BCUT2D eigenvalue weighted by Gasteiger charge is -2.22. The molecule has 0 rings (SSSR count). The van der Waals surface area contributed by atoms with Gasteiger partial charge in [0.2, 0.25) is 0 Å². The molecule has 0 radical (unpaired) electrons. The molecule has 0 fully saturated rings. The smallest absolute Gasteiger partial charge is 0.123 e. The summed E-state index contributed by atoms with van der Waals surface area (Å²) in [6.07, 6.45) is 1.74. The van der Waals surface area contributed by atoms with E-state index in [0.29, 0.717) is 0 Å². The molecule has 0 N–H and O–H groups in total. The van der Waals surface area contributed by atoms with Crippen molar-refractivity contribution < 1.29 is 4.79 Å². The summed E-state index contributed by atoms with van der Waals surface area (Å²) < 4.78 is 0. The van der Waals surface area contributed by atoms with Crippen molar-refractivity contribution in [3.63, 3.8) is 0 Å².